The fraction of sp³-hybridized carbons (Fsp3) is 0.364. The topological polar surface area (TPSA) is 63.2 Å². The van der Waals surface area contributed by atoms with E-state index in [2.05, 4.69) is 5.32 Å². The van der Waals surface area contributed by atoms with Crippen LogP contribution in [-0.4, -0.2) is 20.9 Å². The zero-order valence-corrected chi connectivity index (χ0v) is 10.8. The van der Waals surface area contributed by atoms with Crippen LogP contribution in [0, 0.1) is 0 Å². The average molecular weight is 261 g/mol. The van der Waals surface area contributed by atoms with Gasteiger partial charge in [-0.2, -0.15) is 8.42 Å². The van der Waals surface area contributed by atoms with Gasteiger partial charge < -0.3 is 5.32 Å². The molecule has 6 heteroatoms. The molecule has 0 heterocycles. The fourth-order valence-electron chi connectivity index (χ4n) is 1.03. The summed E-state index contributed by atoms with van der Waals surface area (Å²) < 4.78 is 33.4. The van der Waals surface area contributed by atoms with Gasteiger partial charge in [0.25, 0.3) is 5.91 Å². The lowest BCUT2D eigenvalue weighted by molar-refractivity contribution is 0.0955. The number of amides is 1. The lowest BCUT2D eigenvalue weighted by Crippen LogP contribution is -2.22. The Morgan fingerprint density at radius 2 is 1.71 bits per heavy atom. The van der Waals surface area contributed by atoms with Gasteiger partial charge in [0, 0.05) is 12.1 Å². The van der Waals surface area contributed by atoms with Crippen molar-refractivity contribution in [1.82, 2.24) is 5.32 Å². The lowest BCUT2D eigenvalue weighted by atomic mass is 10.2. The minimum atomic E-state index is -4.69. The smallest absolute Gasteiger partial charge is 0.332 e. The van der Waals surface area contributed by atoms with Crippen molar-refractivity contribution in [2.45, 2.75) is 25.7 Å². The van der Waals surface area contributed by atoms with Crippen LogP contribution >= 0.6 is 0 Å². The van der Waals surface area contributed by atoms with Gasteiger partial charge in [0.05, 0.1) is 4.90 Å². The Hall–Kier alpha value is -1.43. The second kappa shape index (κ2) is 7.01. The maximum Gasteiger partial charge on any atom is 0.332 e. The van der Waals surface area contributed by atoms with E-state index in [0.29, 0.717) is 12.1 Å². The number of carbonyl (C=O) groups is 1. The minimum Gasteiger partial charge on any atom is -0.352 e. The molecular formula is C11H16FNO3S. The number of hydrogen-bond donors (Lipinski definition) is 1. The number of hydrogen-bond acceptors (Lipinski definition) is 3. The zero-order valence-electron chi connectivity index (χ0n) is 10.0. The van der Waals surface area contributed by atoms with Gasteiger partial charge in [-0.05, 0) is 31.2 Å². The normalized spacial score (nSPS) is 10.1. The highest BCUT2D eigenvalue weighted by Gasteiger charge is 2.12. The lowest BCUT2D eigenvalue weighted by Gasteiger charge is -2.01. The van der Waals surface area contributed by atoms with Crippen molar-refractivity contribution in [2.24, 2.45) is 0 Å². The molecule has 1 amide bonds. The first-order valence-electron chi connectivity index (χ1n) is 5.28. The quantitative estimate of drug-likeness (QED) is 0.848. The predicted molar refractivity (Wildman–Crippen MR) is 64.1 cm³/mol. The predicted octanol–water partition coefficient (Wildman–Crippen LogP) is 2.12. The van der Waals surface area contributed by atoms with Gasteiger partial charge in [-0.25, -0.2) is 0 Å². The standard InChI is InChI=1S/C9H10FNO3S.C2H6/c1-2-11-9(12)7-3-5-8(6-4-7)15(10,13)14;1-2/h3-6H,2H2,1H3,(H,11,12);1-2H3. The van der Waals surface area contributed by atoms with Crippen molar-refractivity contribution < 1.29 is 17.1 Å². The summed E-state index contributed by atoms with van der Waals surface area (Å²) in [7, 11) is -4.69. The van der Waals surface area contributed by atoms with E-state index >= 15 is 0 Å². The molecule has 0 bridgehead atoms. The summed E-state index contributed by atoms with van der Waals surface area (Å²) in [6, 6.07) is 4.63. The van der Waals surface area contributed by atoms with Crippen LogP contribution in [0.3, 0.4) is 0 Å². The SMILES string of the molecule is CC.CCNC(=O)c1ccc(S(=O)(=O)F)cc1. The van der Waals surface area contributed by atoms with Gasteiger partial charge in [-0.3, -0.25) is 4.79 Å². The molecule has 1 aromatic rings. The highest BCUT2D eigenvalue weighted by molar-refractivity contribution is 7.86. The van der Waals surface area contributed by atoms with Crippen LogP contribution in [0.1, 0.15) is 31.1 Å². The maximum absolute atomic E-state index is 12.5. The van der Waals surface area contributed by atoms with Crippen molar-refractivity contribution in [3.8, 4) is 0 Å². The summed E-state index contributed by atoms with van der Waals surface area (Å²) in [5, 5.41) is 2.54. The second-order valence-corrected chi connectivity index (χ2v) is 4.17. The number of rotatable bonds is 3. The molecule has 1 rings (SSSR count). The molecule has 0 atom stereocenters. The molecule has 1 aromatic carbocycles. The molecule has 0 aliphatic heterocycles. The third-order valence-corrected chi connectivity index (χ3v) is 2.57. The van der Waals surface area contributed by atoms with E-state index in [1.807, 2.05) is 13.8 Å². The van der Waals surface area contributed by atoms with Crippen LogP contribution in [0.15, 0.2) is 29.2 Å². The first-order chi connectivity index (χ1) is 7.95. The van der Waals surface area contributed by atoms with Crippen molar-refractivity contribution in [2.75, 3.05) is 6.54 Å². The van der Waals surface area contributed by atoms with Gasteiger partial charge in [-0.15, -0.1) is 3.89 Å². The molecular weight excluding hydrogens is 245 g/mol. The molecule has 0 aromatic heterocycles. The first-order valence-corrected chi connectivity index (χ1v) is 6.66. The Labute approximate surface area is 101 Å². The summed E-state index contributed by atoms with van der Waals surface area (Å²) in [4.78, 5) is 10.8. The monoisotopic (exact) mass is 261 g/mol. The molecule has 96 valence electrons. The summed E-state index contributed by atoms with van der Waals surface area (Å²) in [5.41, 5.74) is 0.296. The summed E-state index contributed by atoms with van der Waals surface area (Å²) in [6.45, 7) is 6.24. The van der Waals surface area contributed by atoms with Crippen LogP contribution in [-0.2, 0) is 10.2 Å². The summed E-state index contributed by atoms with van der Waals surface area (Å²) in [6.07, 6.45) is 0. The average Bonchev–Trinajstić information content (AvgIpc) is 2.31. The Balaban J connectivity index is 0.00000121. The van der Waals surface area contributed by atoms with Gasteiger partial charge in [0.1, 0.15) is 0 Å². The molecule has 0 aliphatic rings. The van der Waals surface area contributed by atoms with Gasteiger partial charge in [0.2, 0.25) is 0 Å². The Morgan fingerprint density at radius 1 is 1.24 bits per heavy atom. The minimum absolute atomic E-state index is 0.296. The number of carbonyl (C=O) groups excluding carboxylic acids is 1. The van der Waals surface area contributed by atoms with Crippen LogP contribution < -0.4 is 5.32 Å². The van der Waals surface area contributed by atoms with E-state index in [1.165, 1.54) is 12.1 Å². The van der Waals surface area contributed by atoms with Gasteiger partial charge >= 0.3 is 10.2 Å². The van der Waals surface area contributed by atoms with E-state index in [1.54, 1.807) is 6.92 Å². The third-order valence-electron chi connectivity index (χ3n) is 1.74. The second-order valence-electron chi connectivity index (χ2n) is 2.82. The first kappa shape index (κ1) is 15.6. The molecule has 0 unspecified atom stereocenters. The number of halogens is 1. The zero-order chi connectivity index (χ0) is 13.5. The maximum atomic E-state index is 12.5. The molecule has 0 saturated carbocycles. The third kappa shape index (κ3) is 4.95. The summed E-state index contributed by atoms with van der Waals surface area (Å²) in [5.74, 6) is -0.319. The van der Waals surface area contributed by atoms with Crippen LogP contribution in [0.2, 0.25) is 0 Å². The molecule has 0 aliphatic carbocycles. The molecule has 0 saturated heterocycles. The molecule has 0 radical (unpaired) electrons. The van der Waals surface area contributed by atoms with E-state index < -0.39 is 15.1 Å². The Bertz CT molecular complexity index is 454. The van der Waals surface area contributed by atoms with E-state index in [4.69, 9.17) is 0 Å². The fourth-order valence-corrected chi connectivity index (χ4v) is 1.49. The summed E-state index contributed by atoms with van der Waals surface area (Å²) >= 11 is 0. The van der Waals surface area contributed by atoms with Gasteiger partial charge in [-0.1, -0.05) is 13.8 Å². The van der Waals surface area contributed by atoms with Crippen LogP contribution in [0.4, 0.5) is 3.89 Å². The van der Waals surface area contributed by atoms with E-state index in [0.717, 1.165) is 12.1 Å². The molecule has 0 fully saturated rings. The van der Waals surface area contributed by atoms with Crippen LogP contribution in [0.25, 0.3) is 0 Å². The van der Waals surface area contributed by atoms with E-state index in [-0.39, 0.29) is 5.91 Å². The highest BCUT2D eigenvalue weighted by atomic mass is 32.3. The number of nitrogens with one attached hydrogen (secondary N) is 1. The largest absolute Gasteiger partial charge is 0.352 e. The van der Waals surface area contributed by atoms with Gasteiger partial charge in [0.15, 0.2) is 0 Å². The van der Waals surface area contributed by atoms with E-state index in [9.17, 15) is 17.1 Å². The molecule has 4 nitrogen and oxygen atoms in total. The molecule has 17 heavy (non-hydrogen) atoms. The molecule has 1 N–H and O–H groups in total. The highest BCUT2D eigenvalue weighted by Crippen LogP contribution is 2.12. The van der Waals surface area contributed by atoms with Crippen LogP contribution in [0.5, 0.6) is 0 Å². The van der Waals surface area contributed by atoms with Crippen molar-refractivity contribution in [1.29, 1.82) is 0 Å². The Morgan fingerprint density at radius 3 is 2.06 bits per heavy atom. The number of benzene rings is 1. The molecule has 0 spiro atoms. The Kier molecular flexibility index (Phi) is 6.42. The van der Waals surface area contributed by atoms with Crippen molar-refractivity contribution in [3.63, 3.8) is 0 Å². The van der Waals surface area contributed by atoms with Crippen molar-refractivity contribution >= 4 is 16.1 Å². The van der Waals surface area contributed by atoms with Crippen molar-refractivity contribution in [3.05, 3.63) is 29.8 Å².